The van der Waals surface area contributed by atoms with Crippen molar-refractivity contribution in [3.63, 3.8) is 0 Å². The van der Waals surface area contributed by atoms with E-state index in [0.717, 1.165) is 12.8 Å². The summed E-state index contributed by atoms with van der Waals surface area (Å²) in [6.07, 6.45) is 1.89. The highest BCUT2D eigenvalue weighted by atomic mass is 19.1. The van der Waals surface area contributed by atoms with Crippen LogP contribution in [0.2, 0.25) is 0 Å². The first-order valence-electron chi connectivity index (χ1n) is 7.05. The minimum absolute atomic E-state index is 0.0375. The number of carbonyl (C=O) groups excluding carboxylic acids is 1. The van der Waals surface area contributed by atoms with E-state index in [0.29, 0.717) is 18.7 Å². The minimum atomic E-state index is -0.589. The zero-order valence-corrected chi connectivity index (χ0v) is 12.1. The molecule has 0 spiro atoms. The number of amides is 1. The molecule has 0 aliphatic rings. The van der Waals surface area contributed by atoms with Gasteiger partial charge in [0.15, 0.2) is 0 Å². The molecule has 1 aromatic carbocycles. The molecule has 108 valence electrons. The Morgan fingerprint density at radius 1 is 1.35 bits per heavy atom. The topological polar surface area (TPSA) is 44.1 Å². The molecule has 0 heterocycles. The summed E-state index contributed by atoms with van der Waals surface area (Å²) in [4.78, 5) is 14.0. The molecule has 3 nitrogen and oxygen atoms in total. The molecule has 0 saturated heterocycles. The van der Waals surface area contributed by atoms with Crippen LogP contribution in [-0.4, -0.2) is 23.9 Å². The fourth-order valence-corrected chi connectivity index (χ4v) is 2.17. The van der Waals surface area contributed by atoms with Gasteiger partial charge >= 0.3 is 0 Å². The van der Waals surface area contributed by atoms with E-state index in [-0.39, 0.29) is 18.1 Å². The van der Waals surface area contributed by atoms with E-state index in [1.807, 2.05) is 13.8 Å². The largest absolute Gasteiger partial charge is 0.343 e. The summed E-state index contributed by atoms with van der Waals surface area (Å²) in [5.74, 6) is -1.01. The van der Waals surface area contributed by atoms with Crippen molar-refractivity contribution in [1.82, 2.24) is 4.90 Å². The third kappa shape index (κ3) is 4.65. The van der Waals surface area contributed by atoms with Crippen LogP contribution < -0.4 is 0 Å². The lowest BCUT2D eigenvalue weighted by Gasteiger charge is -2.22. The lowest BCUT2D eigenvalue weighted by atomic mass is 9.96. The summed E-state index contributed by atoms with van der Waals surface area (Å²) in [6.45, 7) is 5.44. The van der Waals surface area contributed by atoms with E-state index in [9.17, 15) is 14.4 Å². The molecule has 0 aliphatic heterocycles. The average Bonchev–Trinajstić information content (AvgIpc) is 2.44. The monoisotopic (exact) mass is 276 g/mol. The van der Waals surface area contributed by atoms with Gasteiger partial charge in [0.1, 0.15) is 5.82 Å². The van der Waals surface area contributed by atoms with Crippen molar-refractivity contribution < 1.29 is 9.18 Å². The molecular formula is C16H21FN2O. The van der Waals surface area contributed by atoms with Gasteiger partial charge in [0.05, 0.1) is 12.0 Å². The first-order chi connectivity index (χ1) is 9.62. The number of hydrogen-bond donors (Lipinski definition) is 0. The molecule has 0 radical (unpaired) electrons. The second-order valence-corrected chi connectivity index (χ2v) is 4.82. The van der Waals surface area contributed by atoms with Gasteiger partial charge in [0, 0.05) is 19.5 Å². The predicted molar refractivity (Wildman–Crippen MR) is 76.5 cm³/mol. The Balaban J connectivity index is 2.77. The van der Waals surface area contributed by atoms with Gasteiger partial charge < -0.3 is 4.90 Å². The fourth-order valence-electron chi connectivity index (χ4n) is 2.17. The smallest absolute Gasteiger partial charge is 0.224 e. The third-order valence-electron chi connectivity index (χ3n) is 3.13. The third-order valence-corrected chi connectivity index (χ3v) is 3.13. The van der Waals surface area contributed by atoms with Crippen molar-refractivity contribution in [2.45, 2.75) is 39.0 Å². The first-order valence-corrected chi connectivity index (χ1v) is 7.05. The van der Waals surface area contributed by atoms with E-state index in [1.165, 1.54) is 12.1 Å². The van der Waals surface area contributed by atoms with E-state index in [2.05, 4.69) is 6.07 Å². The number of rotatable bonds is 7. The Morgan fingerprint density at radius 3 is 2.50 bits per heavy atom. The zero-order valence-electron chi connectivity index (χ0n) is 12.1. The van der Waals surface area contributed by atoms with Gasteiger partial charge in [-0.3, -0.25) is 4.79 Å². The van der Waals surface area contributed by atoms with Crippen molar-refractivity contribution in [3.05, 3.63) is 35.6 Å². The van der Waals surface area contributed by atoms with Gasteiger partial charge in [0.25, 0.3) is 0 Å². The summed E-state index contributed by atoms with van der Waals surface area (Å²) in [7, 11) is 0. The first kappa shape index (κ1) is 16.2. The van der Waals surface area contributed by atoms with Crippen molar-refractivity contribution >= 4 is 5.91 Å². The Bertz CT molecular complexity index is 476. The predicted octanol–water partition coefficient (Wildman–Crippen LogP) is 3.47. The molecule has 0 aliphatic carbocycles. The van der Waals surface area contributed by atoms with Crippen LogP contribution in [0.25, 0.3) is 0 Å². The molecule has 0 saturated carbocycles. The summed E-state index contributed by atoms with van der Waals surface area (Å²) in [5, 5.41) is 9.22. The number of nitriles is 1. The average molecular weight is 276 g/mol. The maximum atomic E-state index is 13.2. The Morgan fingerprint density at radius 2 is 2.00 bits per heavy atom. The standard InChI is InChI=1S/C16H21FN2O/c1-3-8-19(9-4-2)16(20)11-14(12-18)13-6-5-7-15(17)10-13/h5-7,10,14H,3-4,8-9,11H2,1-2H3. The van der Waals surface area contributed by atoms with Gasteiger partial charge in [-0.25, -0.2) is 4.39 Å². The molecular weight excluding hydrogens is 255 g/mol. The molecule has 0 N–H and O–H groups in total. The number of hydrogen-bond acceptors (Lipinski definition) is 2. The summed E-state index contributed by atoms with van der Waals surface area (Å²) in [5.41, 5.74) is 0.564. The Labute approximate surface area is 120 Å². The summed E-state index contributed by atoms with van der Waals surface area (Å²) in [6, 6.07) is 8.01. The zero-order chi connectivity index (χ0) is 15.0. The van der Waals surface area contributed by atoms with Crippen molar-refractivity contribution in [1.29, 1.82) is 5.26 Å². The maximum absolute atomic E-state index is 13.2. The minimum Gasteiger partial charge on any atom is -0.343 e. The highest BCUT2D eigenvalue weighted by Crippen LogP contribution is 2.21. The maximum Gasteiger partial charge on any atom is 0.224 e. The molecule has 20 heavy (non-hydrogen) atoms. The van der Waals surface area contributed by atoms with E-state index < -0.39 is 5.92 Å². The van der Waals surface area contributed by atoms with Crippen LogP contribution in [-0.2, 0) is 4.79 Å². The molecule has 0 bridgehead atoms. The molecule has 0 aromatic heterocycles. The molecule has 1 unspecified atom stereocenters. The Kier molecular flexibility index (Phi) is 6.72. The SMILES string of the molecule is CCCN(CCC)C(=O)CC(C#N)c1cccc(F)c1. The van der Waals surface area contributed by atoms with E-state index >= 15 is 0 Å². The fraction of sp³-hybridized carbons (Fsp3) is 0.500. The van der Waals surface area contributed by atoms with Gasteiger partial charge in [-0.1, -0.05) is 26.0 Å². The van der Waals surface area contributed by atoms with E-state index in [4.69, 9.17) is 0 Å². The number of nitrogens with zero attached hydrogens (tertiary/aromatic N) is 2. The van der Waals surface area contributed by atoms with Gasteiger partial charge in [-0.05, 0) is 30.5 Å². The lowest BCUT2D eigenvalue weighted by Crippen LogP contribution is -2.33. The van der Waals surface area contributed by atoms with Gasteiger partial charge in [0.2, 0.25) is 5.91 Å². The second-order valence-electron chi connectivity index (χ2n) is 4.82. The van der Waals surface area contributed by atoms with Crippen LogP contribution in [0, 0.1) is 17.1 Å². The highest BCUT2D eigenvalue weighted by molar-refractivity contribution is 5.77. The van der Waals surface area contributed by atoms with Crippen LogP contribution in [0.5, 0.6) is 0 Å². The summed E-state index contributed by atoms with van der Waals surface area (Å²) < 4.78 is 13.2. The van der Waals surface area contributed by atoms with Crippen LogP contribution in [0.15, 0.2) is 24.3 Å². The van der Waals surface area contributed by atoms with Crippen molar-refractivity contribution in [2.24, 2.45) is 0 Å². The summed E-state index contributed by atoms with van der Waals surface area (Å²) >= 11 is 0. The molecule has 4 heteroatoms. The van der Waals surface area contributed by atoms with Gasteiger partial charge in [-0.2, -0.15) is 5.26 Å². The van der Waals surface area contributed by atoms with Crippen molar-refractivity contribution in [2.75, 3.05) is 13.1 Å². The van der Waals surface area contributed by atoms with Gasteiger partial charge in [-0.15, -0.1) is 0 Å². The lowest BCUT2D eigenvalue weighted by molar-refractivity contribution is -0.131. The van der Waals surface area contributed by atoms with Crippen LogP contribution >= 0.6 is 0 Å². The molecule has 1 amide bonds. The molecule has 0 fully saturated rings. The quantitative estimate of drug-likeness (QED) is 0.765. The van der Waals surface area contributed by atoms with E-state index in [1.54, 1.807) is 17.0 Å². The van der Waals surface area contributed by atoms with Crippen molar-refractivity contribution in [3.8, 4) is 6.07 Å². The van der Waals surface area contributed by atoms with Crippen LogP contribution in [0.3, 0.4) is 0 Å². The number of benzene rings is 1. The number of halogens is 1. The van der Waals surface area contributed by atoms with Crippen LogP contribution in [0.1, 0.15) is 44.6 Å². The molecule has 1 rings (SSSR count). The Hall–Kier alpha value is -1.89. The second kappa shape index (κ2) is 8.31. The molecule has 1 atom stereocenters. The van der Waals surface area contributed by atoms with Crippen LogP contribution in [0.4, 0.5) is 4.39 Å². The normalized spacial score (nSPS) is 11.7. The molecule has 1 aromatic rings. The highest BCUT2D eigenvalue weighted by Gasteiger charge is 2.19. The number of carbonyl (C=O) groups is 1.